The van der Waals surface area contributed by atoms with Gasteiger partial charge in [0.1, 0.15) is 0 Å². The fourth-order valence-electron chi connectivity index (χ4n) is 2.95. The number of guanidine groups is 1. The molecule has 4 nitrogen and oxygen atoms in total. The maximum Gasteiger partial charge on any atom is 0.191 e. The van der Waals surface area contributed by atoms with Crippen molar-refractivity contribution in [3.8, 4) is 0 Å². The van der Waals surface area contributed by atoms with Crippen molar-refractivity contribution in [2.75, 3.05) is 26.7 Å². The van der Waals surface area contributed by atoms with Gasteiger partial charge < -0.3 is 10.6 Å². The van der Waals surface area contributed by atoms with E-state index in [-0.39, 0.29) is 0 Å². The fraction of sp³-hybridized carbons (Fsp3) is 0.933. The molecule has 0 aromatic carbocycles. The molecule has 1 aliphatic carbocycles. The van der Waals surface area contributed by atoms with Crippen LogP contribution >= 0.6 is 0 Å². The largest absolute Gasteiger partial charge is 0.370 e. The second-order valence-electron chi connectivity index (χ2n) is 6.57. The summed E-state index contributed by atoms with van der Waals surface area (Å²) in [4.78, 5) is 9.42. The van der Waals surface area contributed by atoms with Crippen molar-refractivity contribution in [2.45, 2.75) is 58.0 Å². The molecule has 2 aliphatic rings. The van der Waals surface area contributed by atoms with Crippen molar-refractivity contribution in [3.63, 3.8) is 0 Å². The Morgan fingerprint density at radius 3 is 2.47 bits per heavy atom. The van der Waals surface area contributed by atoms with Crippen LogP contribution in [0.2, 0.25) is 0 Å². The monoisotopic (exact) mass is 266 g/mol. The molecule has 2 fully saturated rings. The highest BCUT2D eigenvalue weighted by Gasteiger charge is 2.28. The molecule has 2 rings (SSSR count). The number of aliphatic imine (C=N–C) groups is 1. The first-order chi connectivity index (χ1) is 9.08. The minimum atomic E-state index is 0.577. The van der Waals surface area contributed by atoms with Gasteiger partial charge in [0.15, 0.2) is 5.96 Å². The molecule has 0 radical (unpaired) electrons. The van der Waals surface area contributed by atoms with Gasteiger partial charge >= 0.3 is 0 Å². The average Bonchev–Trinajstić information content (AvgIpc) is 3.08. The Bertz CT molecular complexity index is 303. The topological polar surface area (TPSA) is 44.9 Å². The van der Waals surface area contributed by atoms with Gasteiger partial charge in [0.25, 0.3) is 0 Å². The lowest BCUT2D eigenvalue weighted by Crippen LogP contribution is -2.39. The van der Waals surface area contributed by atoms with E-state index in [4.69, 9.17) is 5.73 Å². The fourth-order valence-corrected chi connectivity index (χ4v) is 2.95. The van der Waals surface area contributed by atoms with Crippen LogP contribution in [0.25, 0.3) is 0 Å². The summed E-state index contributed by atoms with van der Waals surface area (Å²) in [5.74, 6) is 1.46. The molecule has 0 aromatic heterocycles. The smallest absolute Gasteiger partial charge is 0.191 e. The van der Waals surface area contributed by atoms with Crippen molar-refractivity contribution in [2.24, 2.45) is 16.6 Å². The number of nitrogens with two attached hydrogens (primary N) is 1. The summed E-state index contributed by atoms with van der Waals surface area (Å²) in [5.41, 5.74) is 6.09. The van der Waals surface area contributed by atoms with Crippen LogP contribution < -0.4 is 5.73 Å². The molecule has 1 atom stereocenters. The molecular formula is C15H30N4. The number of hydrogen-bond donors (Lipinski definition) is 1. The van der Waals surface area contributed by atoms with Gasteiger partial charge in [-0.05, 0) is 51.1 Å². The number of likely N-dealkylation sites (tertiary alicyclic amines) is 1. The van der Waals surface area contributed by atoms with Crippen LogP contribution in [-0.2, 0) is 0 Å². The Kier molecular flexibility index (Phi) is 5.08. The highest BCUT2D eigenvalue weighted by atomic mass is 15.3. The molecule has 2 N–H and O–H groups in total. The minimum Gasteiger partial charge on any atom is -0.370 e. The van der Waals surface area contributed by atoms with Crippen LogP contribution in [-0.4, -0.2) is 54.5 Å². The summed E-state index contributed by atoms with van der Waals surface area (Å²) in [5, 5.41) is 0. The first-order valence-electron chi connectivity index (χ1n) is 7.84. The van der Waals surface area contributed by atoms with Gasteiger partial charge in [0.05, 0.1) is 6.54 Å². The van der Waals surface area contributed by atoms with Gasteiger partial charge in [-0.15, -0.1) is 0 Å². The van der Waals surface area contributed by atoms with Gasteiger partial charge in [-0.25, -0.2) is 0 Å². The Morgan fingerprint density at radius 1 is 1.32 bits per heavy atom. The van der Waals surface area contributed by atoms with Crippen molar-refractivity contribution in [1.29, 1.82) is 0 Å². The first-order valence-corrected chi connectivity index (χ1v) is 7.84. The standard InChI is InChI=1S/C15H30N4/c1-12(2)10-14(19-8-4-5-9-19)11-17-15(16)18(3)13-6-7-13/h12-14H,4-11H2,1-3H3,(H2,16,17)/t14-/m0/s1. The molecule has 0 unspecified atom stereocenters. The van der Waals surface area contributed by atoms with Crippen LogP contribution in [0.15, 0.2) is 4.99 Å². The van der Waals surface area contributed by atoms with Gasteiger partial charge in [-0.3, -0.25) is 9.89 Å². The van der Waals surface area contributed by atoms with Gasteiger partial charge in [0.2, 0.25) is 0 Å². The third-order valence-electron chi connectivity index (χ3n) is 4.32. The Morgan fingerprint density at radius 2 is 1.95 bits per heavy atom. The molecule has 19 heavy (non-hydrogen) atoms. The molecule has 0 spiro atoms. The van der Waals surface area contributed by atoms with E-state index in [9.17, 15) is 0 Å². The minimum absolute atomic E-state index is 0.577. The zero-order chi connectivity index (χ0) is 13.8. The number of nitrogens with zero attached hydrogens (tertiary/aromatic N) is 3. The predicted molar refractivity (Wildman–Crippen MR) is 81.3 cm³/mol. The maximum atomic E-state index is 6.09. The third kappa shape index (κ3) is 4.37. The van der Waals surface area contributed by atoms with Crippen LogP contribution in [0, 0.1) is 5.92 Å². The molecule has 1 aliphatic heterocycles. The van der Waals surface area contributed by atoms with E-state index in [0.717, 1.165) is 18.4 Å². The molecule has 1 saturated heterocycles. The first kappa shape index (κ1) is 14.6. The van der Waals surface area contributed by atoms with Crippen molar-refractivity contribution in [1.82, 2.24) is 9.80 Å². The van der Waals surface area contributed by atoms with Crippen molar-refractivity contribution < 1.29 is 0 Å². The summed E-state index contributed by atoms with van der Waals surface area (Å²) < 4.78 is 0. The maximum absolute atomic E-state index is 6.09. The number of hydrogen-bond acceptors (Lipinski definition) is 2. The highest BCUT2D eigenvalue weighted by molar-refractivity contribution is 5.78. The zero-order valence-corrected chi connectivity index (χ0v) is 12.8. The molecule has 4 heteroatoms. The molecule has 0 amide bonds. The molecule has 0 aromatic rings. The summed E-state index contributed by atoms with van der Waals surface area (Å²) in [7, 11) is 2.07. The van der Waals surface area contributed by atoms with E-state index in [2.05, 4.69) is 35.7 Å². The van der Waals surface area contributed by atoms with Crippen LogP contribution in [0.5, 0.6) is 0 Å². The van der Waals surface area contributed by atoms with E-state index in [0.29, 0.717) is 12.1 Å². The molecule has 0 bridgehead atoms. The predicted octanol–water partition coefficient (Wildman–Crippen LogP) is 1.91. The average molecular weight is 266 g/mol. The highest BCUT2D eigenvalue weighted by Crippen LogP contribution is 2.25. The SMILES string of the molecule is CC(C)C[C@@H](CN=C(N)N(C)C1CC1)N1CCCC1. The molecule has 1 saturated carbocycles. The third-order valence-corrected chi connectivity index (χ3v) is 4.32. The van der Waals surface area contributed by atoms with E-state index < -0.39 is 0 Å². The lowest BCUT2D eigenvalue weighted by atomic mass is 10.0. The van der Waals surface area contributed by atoms with Gasteiger partial charge in [-0.2, -0.15) is 0 Å². The summed E-state index contributed by atoms with van der Waals surface area (Å²) in [6.45, 7) is 7.94. The van der Waals surface area contributed by atoms with E-state index in [1.165, 1.54) is 45.2 Å². The summed E-state index contributed by atoms with van der Waals surface area (Å²) >= 11 is 0. The summed E-state index contributed by atoms with van der Waals surface area (Å²) in [6, 6.07) is 1.23. The van der Waals surface area contributed by atoms with Crippen LogP contribution in [0.3, 0.4) is 0 Å². The van der Waals surface area contributed by atoms with Crippen molar-refractivity contribution >= 4 is 5.96 Å². The van der Waals surface area contributed by atoms with Gasteiger partial charge in [-0.1, -0.05) is 13.8 Å². The van der Waals surface area contributed by atoms with Crippen LogP contribution in [0.4, 0.5) is 0 Å². The lowest BCUT2D eigenvalue weighted by Gasteiger charge is -2.28. The van der Waals surface area contributed by atoms with E-state index >= 15 is 0 Å². The Hall–Kier alpha value is -0.770. The van der Waals surface area contributed by atoms with Gasteiger partial charge in [0, 0.05) is 19.1 Å². The molecule has 110 valence electrons. The number of rotatable bonds is 6. The van der Waals surface area contributed by atoms with Crippen molar-refractivity contribution in [3.05, 3.63) is 0 Å². The summed E-state index contributed by atoms with van der Waals surface area (Å²) in [6.07, 6.45) is 6.46. The normalized spacial score (nSPS) is 23.1. The molecule has 1 heterocycles. The van der Waals surface area contributed by atoms with E-state index in [1.807, 2.05) is 0 Å². The zero-order valence-electron chi connectivity index (χ0n) is 12.8. The Labute approximate surface area is 118 Å². The van der Waals surface area contributed by atoms with E-state index in [1.54, 1.807) is 0 Å². The van der Waals surface area contributed by atoms with Crippen LogP contribution in [0.1, 0.15) is 46.0 Å². The second kappa shape index (κ2) is 6.60. The quantitative estimate of drug-likeness (QED) is 0.590. The molecular weight excluding hydrogens is 236 g/mol. The Balaban J connectivity index is 1.88. The second-order valence-corrected chi connectivity index (χ2v) is 6.57. The lowest BCUT2D eigenvalue weighted by molar-refractivity contribution is 0.218.